The molecule has 0 aliphatic heterocycles. The number of aryl methyl sites for hydroxylation is 2. The molecule has 5 heteroatoms. The average molecular weight is 283 g/mol. The first kappa shape index (κ1) is 13.0. The molecule has 1 N–H and O–H groups in total. The van der Waals surface area contributed by atoms with Gasteiger partial charge in [0.25, 0.3) is 0 Å². The van der Waals surface area contributed by atoms with Crippen LogP contribution in [-0.4, -0.2) is 20.9 Å². The van der Waals surface area contributed by atoms with Gasteiger partial charge in [0, 0.05) is 13.5 Å². The third kappa shape index (κ3) is 1.80. The third-order valence-electron chi connectivity index (χ3n) is 5.15. The van der Waals surface area contributed by atoms with Crippen LogP contribution in [0.15, 0.2) is 0 Å². The lowest BCUT2D eigenvalue weighted by Crippen LogP contribution is -2.39. The Morgan fingerprint density at radius 1 is 1.58 bits per heavy atom. The maximum absolute atomic E-state index is 11.9. The van der Waals surface area contributed by atoms with Crippen LogP contribution in [0.5, 0.6) is 0 Å². The molecule has 0 spiro atoms. The van der Waals surface area contributed by atoms with Gasteiger partial charge in [-0.25, -0.2) is 0 Å². The molecule has 1 aromatic rings. The van der Waals surface area contributed by atoms with E-state index in [1.54, 1.807) is 4.68 Å². The third-order valence-corrected chi connectivity index (χ3v) is 5.64. The van der Waals surface area contributed by atoms with Gasteiger partial charge >= 0.3 is 5.97 Å². The highest BCUT2D eigenvalue weighted by Gasteiger charge is 2.56. The Kier molecular flexibility index (Phi) is 2.89. The number of hydrogen-bond acceptors (Lipinski definition) is 2. The second-order valence-corrected chi connectivity index (χ2v) is 6.57. The van der Waals surface area contributed by atoms with Crippen LogP contribution < -0.4 is 0 Å². The normalized spacial score (nSPS) is 33.0. The van der Waals surface area contributed by atoms with E-state index in [1.165, 1.54) is 6.42 Å². The van der Waals surface area contributed by atoms with E-state index in [1.807, 2.05) is 14.0 Å². The number of aliphatic carboxylic acids is 1. The van der Waals surface area contributed by atoms with E-state index < -0.39 is 11.4 Å². The molecule has 4 nitrogen and oxygen atoms in total. The number of rotatable bonds is 3. The molecule has 2 fully saturated rings. The summed E-state index contributed by atoms with van der Waals surface area (Å²) in [6.07, 6.45) is 4.62. The zero-order chi connectivity index (χ0) is 13.8. The fourth-order valence-corrected chi connectivity index (χ4v) is 4.40. The molecule has 0 aromatic carbocycles. The van der Waals surface area contributed by atoms with E-state index in [9.17, 15) is 9.90 Å². The largest absolute Gasteiger partial charge is 0.481 e. The summed E-state index contributed by atoms with van der Waals surface area (Å²) in [5.74, 6) is 0.241. The van der Waals surface area contributed by atoms with E-state index >= 15 is 0 Å². The van der Waals surface area contributed by atoms with Crippen molar-refractivity contribution in [2.24, 2.45) is 24.3 Å². The van der Waals surface area contributed by atoms with Gasteiger partial charge in [-0.15, -0.1) is 0 Å². The van der Waals surface area contributed by atoms with Gasteiger partial charge < -0.3 is 5.11 Å². The van der Waals surface area contributed by atoms with Crippen LogP contribution in [0, 0.1) is 24.2 Å². The first-order chi connectivity index (χ1) is 8.94. The molecule has 0 amide bonds. The quantitative estimate of drug-likeness (QED) is 0.927. The lowest BCUT2D eigenvalue weighted by Gasteiger charge is -2.33. The van der Waals surface area contributed by atoms with Crippen LogP contribution in [0.2, 0.25) is 5.02 Å². The minimum absolute atomic E-state index is 0.307. The number of nitrogens with zero attached hydrogens (tertiary/aromatic N) is 2. The van der Waals surface area contributed by atoms with Crippen molar-refractivity contribution in [2.75, 3.05) is 0 Å². The molecule has 2 aliphatic rings. The molecule has 3 rings (SSSR count). The van der Waals surface area contributed by atoms with Gasteiger partial charge in [-0.05, 0) is 38.0 Å². The van der Waals surface area contributed by atoms with Gasteiger partial charge in [0.15, 0.2) is 0 Å². The number of carboxylic acids is 1. The van der Waals surface area contributed by atoms with Gasteiger partial charge in [-0.2, -0.15) is 5.10 Å². The molecular formula is C14H19ClN2O2. The molecule has 104 valence electrons. The topological polar surface area (TPSA) is 55.1 Å². The van der Waals surface area contributed by atoms with Gasteiger partial charge in [-0.1, -0.05) is 18.0 Å². The number of hydrogen-bond donors (Lipinski definition) is 1. The van der Waals surface area contributed by atoms with Crippen molar-refractivity contribution in [1.29, 1.82) is 0 Å². The van der Waals surface area contributed by atoms with E-state index in [2.05, 4.69) is 5.10 Å². The molecule has 2 bridgehead atoms. The summed E-state index contributed by atoms with van der Waals surface area (Å²) in [6, 6.07) is 0. The second-order valence-electron chi connectivity index (χ2n) is 6.19. The maximum atomic E-state index is 11.9. The summed E-state index contributed by atoms with van der Waals surface area (Å²) < 4.78 is 1.74. The lowest BCUT2D eigenvalue weighted by atomic mass is 9.70. The number of carbonyl (C=O) groups is 1. The fraction of sp³-hybridized carbons (Fsp3) is 0.714. The molecular weight excluding hydrogens is 264 g/mol. The van der Waals surface area contributed by atoms with Crippen LogP contribution in [0.4, 0.5) is 0 Å². The Bertz CT molecular complexity index is 540. The molecule has 0 saturated heterocycles. The predicted molar refractivity (Wildman–Crippen MR) is 72.2 cm³/mol. The Labute approximate surface area is 117 Å². The second kappa shape index (κ2) is 4.23. The van der Waals surface area contributed by atoms with Gasteiger partial charge in [0.2, 0.25) is 0 Å². The molecule has 3 atom stereocenters. The molecule has 2 saturated carbocycles. The van der Waals surface area contributed by atoms with Crippen LogP contribution in [0.1, 0.15) is 37.1 Å². The van der Waals surface area contributed by atoms with Crippen molar-refractivity contribution >= 4 is 17.6 Å². The van der Waals surface area contributed by atoms with Gasteiger partial charge in [0.05, 0.1) is 21.8 Å². The Morgan fingerprint density at radius 3 is 2.74 bits per heavy atom. The van der Waals surface area contributed by atoms with E-state index in [4.69, 9.17) is 11.6 Å². The highest BCUT2D eigenvalue weighted by atomic mass is 35.5. The number of aromatic nitrogens is 2. The minimum Gasteiger partial charge on any atom is -0.481 e. The predicted octanol–water partition coefficient (Wildman–Crippen LogP) is 2.82. The Hall–Kier alpha value is -1.03. The minimum atomic E-state index is -0.658. The van der Waals surface area contributed by atoms with Gasteiger partial charge in [0.1, 0.15) is 0 Å². The van der Waals surface area contributed by atoms with Crippen molar-refractivity contribution in [3.63, 3.8) is 0 Å². The fourth-order valence-electron chi connectivity index (χ4n) is 4.17. The van der Waals surface area contributed by atoms with E-state index in [0.717, 1.165) is 30.7 Å². The summed E-state index contributed by atoms with van der Waals surface area (Å²) in [5, 5.41) is 14.7. The Balaban J connectivity index is 1.97. The zero-order valence-corrected chi connectivity index (χ0v) is 12.1. The monoisotopic (exact) mass is 282 g/mol. The highest BCUT2D eigenvalue weighted by Crippen LogP contribution is 2.57. The SMILES string of the molecule is Cc1nn(C)c(CC2(C(=O)O)CC3CCC2C3)c1Cl. The summed E-state index contributed by atoms with van der Waals surface area (Å²) in [6.45, 7) is 1.86. The molecule has 0 radical (unpaired) electrons. The van der Waals surface area contributed by atoms with Crippen LogP contribution >= 0.6 is 11.6 Å². The smallest absolute Gasteiger partial charge is 0.310 e. The lowest BCUT2D eigenvalue weighted by molar-refractivity contribution is -0.152. The summed E-state index contributed by atoms with van der Waals surface area (Å²) in [7, 11) is 1.84. The van der Waals surface area contributed by atoms with Crippen molar-refractivity contribution in [1.82, 2.24) is 9.78 Å². The van der Waals surface area contributed by atoms with Crippen molar-refractivity contribution < 1.29 is 9.90 Å². The van der Waals surface area contributed by atoms with Crippen molar-refractivity contribution in [2.45, 2.75) is 39.0 Å². The summed E-state index contributed by atoms with van der Waals surface area (Å²) in [5.41, 5.74) is 1.03. The Morgan fingerprint density at radius 2 is 2.32 bits per heavy atom. The summed E-state index contributed by atoms with van der Waals surface area (Å²) in [4.78, 5) is 11.9. The molecule has 3 unspecified atom stereocenters. The zero-order valence-electron chi connectivity index (χ0n) is 11.3. The van der Waals surface area contributed by atoms with Crippen LogP contribution in [0.25, 0.3) is 0 Å². The van der Waals surface area contributed by atoms with Crippen molar-refractivity contribution in [3.8, 4) is 0 Å². The molecule has 1 heterocycles. The first-order valence-corrected chi connectivity index (χ1v) is 7.23. The van der Waals surface area contributed by atoms with E-state index in [0.29, 0.717) is 23.3 Å². The standard InChI is InChI=1S/C14H19ClN2O2/c1-8-12(15)11(17(2)16-8)7-14(13(18)19)6-9-3-4-10(14)5-9/h9-10H,3-7H2,1-2H3,(H,18,19). The molecule has 19 heavy (non-hydrogen) atoms. The highest BCUT2D eigenvalue weighted by molar-refractivity contribution is 6.31. The maximum Gasteiger partial charge on any atom is 0.310 e. The van der Waals surface area contributed by atoms with Crippen molar-refractivity contribution in [3.05, 3.63) is 16.4 Å². The molecule has 2 aliphatic carbocycles. The van der Waals surface area contributed by atoms with Gasteiger partial charge in [-0.3, -0.25) is 9.48 Å². The summed E-state index contributed by atoms with van der Waals surface area (Å²) >= 11 is 6.28. The van der Waals surface area contributed by atoms with Crippen LogP contribution in [0.3, 0.4) is 0 Å². The molecule has 1 aromatic heterocycles. The number of halogens is 1. The number of fused-ring (bicyclic) bond motifs is 2. The van der Waals surface area contributed by atoms with E-state index in [-0.39, 0.29) is 0 Å². The van der Waals surface area contributed by atoms with Crippen LogP contribution in [-0.2, 0) is 18.3 Å². The number of carboxylic acid groups (broad SMARTS) is 1. The average Bonchev–Trinajstić information content (AvgIpc) is 3.00. The first-order valence-electron chi connectivity index (χ1n) is 6.85.